The second-order valence-corrected chi connectivity index (χ2v) is 4.95. The van der Waals surface area contributed by atoms with Crippen molar-refractivity contribution in [3.63, 3.8) is 0 Å². The normalized spacial score (nSPS) is 13.1. The molecular formula is C12H19FN2S. The summed E-state index contributed by atoms with van der Waals surface area (Å²) in [6.07, 6.45) is 2.07. The Labute approximate surface area is 101 Å². The lowest BCUT2D eigenvalue weighted by atomic mass is 10.1. The summed E-state index contributed by atoms with van der Waals surface area (Å²) < 4.78 is 13.7. The summed E-state index contributed by atoms with van der Waals surface area (Å²) in [5.74, 6) is 0.756. The summed E-state index contributed by atoms with van der Waals surface area (Å²) in [5.41, 5.74) is 6.42. The van der Waals surface area contributed by atoms with Gasteiger partial charge < -0.3 is 5.73 Å². The van der Waals surface area contributed by atoms with E-state index < -0.39 is 0 Å². The molecule has 90 valence electrons. The second kappa shape index (κ2) is 6.11. The molecule has 0 radical (unpaired) electrons. The van der Waals surface area contributed by atoms with Crippen LogP contribution >= 0.6 is 11.8 Å². The highest BCUT2D eigenvalue weighted by Gasteiger charge is 2.12. The lowest BCUT2D eigenvalue weighted by molar-refractivity contribution is 0.266. The number of halogens is 1. The van der Waals surface area contributed by atoms with Gasteiger partial charge in [0.15, 0.2) is 5.82 Å². The molecule has 0 saturated carbocycles. The van der Waals surface area contributed by atoms with Gasteiger partial charge in [0, 0.05) is 23.9 Å². The zero-order valence-corrected chi connectivity index (χ0v) is 10.9. The summed E-state index contributed by atoms with van der Waals surface area (Å²) in [6.45, 7) is 2.74. The van der Waals surface area contributed by atoms with E-state index in [4.69, 9.17) is 5.73 Å². The molecule has 0 fully saturated rings. The molecule has 2 nitrogen and oxygen atoms in total. The Bertz CT molecular complexity index is 344. The highest BCUT2D eigenvalue weighted by molar-refractivity contribution is 7.98. The average molecular weight is 242 g/mol. The molecule has 4 heteroatoms. The first-order valence-electron chi connectivity index (χ1n) is 5.28. The van der Waals surface area contributed by atoms with E-state index in [0.29, 0.717) is 18.2 Å². The molecule has 1 atom stereocenters. The third-order valence-electron chi connectivity index (χ3n) is 2.69. The predicted molar refractivity (Wildman–Crippen MR) is 70.1 cm³/mol. The molecule has 1 aromatic carbocycles. The van der Waals surface area contributed by atoms with Gasteiger partial charge in [0.25, 0.3) is 0 Å². The van der Waals surface area contributed by atoms with Crippen LogP contribution in [0, 0.1) is 5.82 Å². The molecule has 0 amide bonds. The Morgan fingerprint density at radius 2 is 2.19 bits per heavy atom. The van der Waals surface area contributed by atoms with E-state index in [2.05, 4.69) is 18.1 Å². The molecule has 1 aromatic rings. The molecule has 0 heterocycles. The van der Waals surface area contributed by atoms with Crippen LogP contribution in [-0.2, 0) is 6.54 Å². The van der Waals surface area contributed by atoms with Crippen molar-refractivity contribution >= 4 is 17.4 Å². The molecule has 1 rings (SSSR count). The number of anilines is 1. The predicted octanol–water partition coefficient (Wildman–Crippen LogP) is 2.59. The van der Waals surface area contributed by atoms with Gasteiger partial charge in [0.05, 0.1) is 5.69 Å². The molecule has 0 aromatic heterocycles. The van der Waals surface area contributed by atoms with Crippen LogP contribution in [0.5, 0.6) is 0 Å². The molecule has 0 aliphatic rings. The first kappa shape index (κ1) is 13.3. The van der Waals surface area contributed by atoms with Crippen molar-refractivity contribution in [2.24, 2.45) is 0 Å². The standard InChI is InChI=1S/C12H19FN2S/c1-9(8-16-3)15(2)7-10-5-4-6-11(14)12(10)13/h4-6,9H,7-8,14H2,1-3H3. The second-order valence-electron chi connectivity index (χ2n) is 4.04. The van der Waals surface area contributed by atoms with Crippen molar-refractivity contribution in [3.8, 4) is 0 Å². The first-order chi connectivity index (χ1) is 7.56. The number of benzene rings is 1. The largest absolute Gasteiger partial charge is 0.396 e. The smallest absolute Gasteiger partial charge is 0.150 e. The topological polar surface area (TPSA) is 29.3 Å². The van der Waals surface area contributed by atoms with Gasteiger partial charge in [0.1, 0.15) is 0 Å². The minimum Gasteiger partial charge on any atom is -0.396 e. The summed E-state index contributed by atoms with van der Waals surface area (Å²) in [6, 6.07) is 5.59. The molecule has 0 aliphatic heterocycles. The number of thioether (sulfide) groups is 1. The van der Waals surface area contributed by atoms with Crippen molar-refractivity contribution < 1.29 is 4.39 Å². The fourth-order valence-corrected chi connectivity index (χ4v) is 2.25. The van der Waals surface area contributed by atoms with Crippen LogP contribution in [-0.4, -0.2) is 30.0 Å². The van der Waals surface area contributed by atoms with E-state index in [1.807, 2.05) is 7.05 Å². The van der Waals surface area contributed by atoms with Gasteiger partial charge in [-0.1, -0.05) is 12.1 Å². The van der Waals surface area contributed by atoms with Gasteiger partial charge in [0.2, 0.25) is 0 Å². The van der Waals surface area contributed by atoms with Gasteiger partial charge >= 0.3 is 0 Å². The van der Waals surface area contributed by atoms with Crippen molar-refractivity contribution in [1.29, 1.82) is 0 Å². The van der Waals surface area contributed by atoms with Gasteiger partial charge in [-0.05, 0) is 26.3 Å². The number of hydrogen-bond acceptors (Lipinski definition) is 3. The molecule has 0 aliphatic carbocycles. The van der Waals surface area contributed by atoms with Gasteiger partial charge in [-0.2, -0.15) is 11.8 Å². The Hall–Kier alpha value is -0.740. The zero-order chi connectivity index (χ0) is 12.1. The molecule has 2 N–H and O–H groups in total. The summed E-state index contributed by atoms with van der Waals surface area (Å²) in [5, 5.41) is 0. The van der Waals surface area contributed by atoms with Crippen LogP contribution in [0.1, 0.15) is 12.5 Å². The van der Waals surface area contributed by atoms with Gasteiger partial charge in [-0.3, -0.25) is 4.90 Å². The highest BCUT2D eigenvalue weighted by atomic mass is 32.2. The Morgan fingerprint density at radius 3 is 2.81 bits per heavy atom. The van der Waals surface area contributed by atoms with Crippen molar-refractivity contribution in [3.05, 3.63) is 29.6 Å². The molecular weight excluding hydrogens is 223 g/mol. The minimum atomic E-state index is -0.286. The van der Waals surface area contributed by atoms with Crippen molar-refractivity contribution in [2.75, 3.05) is 24.8 Å². The third kappa shape index (κ3) is 3.39. The van der Waals surface area contributed by atoms with E-state index in [-0.39, 0.29) is 11.5 Å². The summed E-state index contributed by atoms with van der Waals surface area (Å²) in [7, 11) is 2.00. The zero-order valence-electron chi connectivity index (χ0n) is 10.0. The number of hydrogen-bond donors (Lipinski definition) is 1. The fourth-order valence-electron chi connectivity index (χ4n) is 1.51. The lowest BCUT2D eigenvalue weighted by Crippen LogP contribution is -2.30. The minimum absolute atomic E-state index is 0.225. The average Bonchev–Trinajstić information content (AvgIpc) is 2.25. The first-order valence-corrected chi connectivity index (χ1v) is 6.67. The number of nitrogens with zero attached hydrogens (tertiary/aromatic N) is 1. The molecule has 0 bridgehead atoms. The number of nitrogen functional groups attached to an aromatic ring is 1. The highest BCUT2D eigenvalue weighted by Crippen LogP contribution is 2.17. The van der Waals surface area contributed by atoms with E-state index in [0.717, 1.165) is 5.75 Å². The maximum Gasteiger partial charge on any atom is 0.150 e. The maximum absolute atomic E-state index is 13.7. The van der Waals surface area contributed by atoms with E-state index in [9.17, 15) is 4.39 Å². The fraction of sp³-hybridized carbons (Fsp3) is 0.500. The van der Waals surface area contributed by atoms with Crippen LogP contribution in [0.4, 0.5) is 10.1 Å². The van der Waals surface area contributed by atoms with Crippen molar-refractivity contribution in [1.82, 2.24) is 4.90 Å². The van der Waals surface area contributed by atoms with E-state index >= 15 is 0 Å². The summed E-state index contributed by atoms with van der Waals surface area (Å²) in [4.78, 5) is 2.13. The molecule has 0 saturated heterocycles. The molecule has 16 heavy (non-hydrogen) atoms. The monoisotopic (exact) mass is 242 g/mol. The SMILES string of the molecule is CSCC(C)N(C)Cc1cccc(N)c1F. The van der Waals surface area contributed by atoms with Crippen LogP contribution in [0.25, 0.3) is 0 Å². The number of nitrogens with two attached hydrogens (primary N) is 1. The van der Waals surface area contributed by atoms with Crippen LogP contribution < -0.4 is 5.73 Å². The van der Waals surface area contributed by atoms with Crippen molar-refractivity contribution in [2.45, 2.75) is 19.5 Å². The Morgan fingerprint density at radius 1 is 1.50 bits per heavy atom. The number of rotatable bonds is 5. The Kier molecular flexibility index (Phi) is 5.09. The van der Waals surface area contributed by atoms with Crippen LogP contribution in [0.2, 0.25) is 0 Å². The van der Waals surface area contributed by atoms with Gasteiger partial charge in [-0.15, -0.1) is 0 Å². The van der Waals surface area contributed by atoms with E-state index in [1.54, 1.807) is 30.0 Å². The summed E-state index contributed by atoms with van der Waals surface area (Å²) >= 11 is 1.80. The van der Waals surface area contributed by atoms with Crippen LogP contribution in [0.15, 0.2) is 18.2 Å². The van der Waals surface area contributed by atoms with E-state index in [1.165, 1.54) is 0 Å². The quantitative estimate of drug-likeness (QED) is 0.805. The molecule has 0 spiro atoms. The third-order valence-corrected chi connectivity index (χ3v) is 3.50. The Balaban J connectivity index is 2.69. The van der Waals surface area contributed by atoms with Gasteiger partial charge in [-0.25, -0.2) is 4.39 Å². The lowest BCUT2D eigenvalue weighted by Gasteiger charge is -2.24. The van der Waals surface area contributed by atoms with Crippen LogP contribution in [0.3, 0.4) is 0 Å². The maximum atomic E-state index is 13.7. The molecule has 1 unspecified atom stereocenters.